The number of alkyl halides is 3. The first-order valence-electron chi connectivity index (χ1n) is 6.50. The zero-order chi connectivity index (χ0) is 15.2. The maximum absolute atomic E-state index is 11.9. The normalized spacial score (nSPS) is 22.3. The van der Waals surface area contributed by atoms with Gasteiger partial charge in [-0.25, -0.2) is 0 Å². The molecule has 1 aliphatic rings. The number of oxime groups is 1. The van der Waals surface area contributed by atoms with Crippen LogP contribution < -0.4 is 0 Å². The Morgan fingerprint density at radius 2 is 2.25 bits per heavy atom. The Kier molecular flexibility index (Phi) is 6.25. The summed E-state index contributed by atoms with van der Waals surface area (Å²) in [6, 6.07) is 0. The molecule has 1 unspecified atom stereocenters. The van der Waals surface area contributed by atoms with Gasteiger partial charge in [-0.05, 0) is 6.42 Å². The molecule has 116 valence electrons. The Hall–Kier alpha value is -1.31. The van der Waals surface area contributed by atoms with E-state index in [1.54, 1.807) is 4.90 Å². The van der Waals surface area contributed by atoms with Gasteiger partial charge in [0.15, 0.2) is 0 Å². The standard InChI is InChI=1S/C12H19F3N2O3/c1-2-9-7-17(5-3-10(9)16-19)11(18)4-6-20-8-12(13,14)15/h9,19H,2-8H2,1H3. The fourth-order valence-corrected chi connectivity index (χ4v) is 2.14. The summed E-state index contributed by atoms with van der Waals surface area (Å²) in [5.74, 6) is -0.226. The quantitative estimate of drug-likeness (QED) is 0.480. The molecule has 0 aliphatic carbocycles. The Labute approximate surface area is 115 Å². The summed E-state index contributed by atoms with van der Waals surface area (Å²) >= 11 is 0. The molecule has 1 saturated heterocycles. The van der Waals surface area contributed by atoms with E-state index in [2.05, 4.69) is 9.89 Å². The number of carbonyl (C=O) groups is 1. The van der Waals surface area contributed by atoms with Crippen molar-refractivity contribution in [2.45, 2.75) is 32.4 Å². The lowest BCUT2D eigenvalue weighted by molar-refractivity contribution is -0.175. The number of rotatable bonds is 5. The first kappa shape index (κ1) is 16.7. The number of nitrogens with zero attached hydrogens (tertiary/aromatic N) is 2. The van der Waals surface area contributed by atoms with Crippen LogP contribution in [0.25, 0.3) is 0 Å². The average Bonchev–Trinajstić information content (AvgIpc) is 2.41. The number of halogens is 3. The van der Waals surface area contributed by atoms with Gasteiger partial charge in [-0.2, -0.15) is 13.2 Å². The van der Waals surface area contributed by atoms with Crippen molar-refractivity contribution in [2.75, 3.05) is 26.3 Å². The number of likely N-dealkylation sites (tertiary alicyclic amines) is 1. The predicted octanol–water partition coefficient (Wildman–Crippen LogP) is 2.04. The van der Waals surface area contributed by atoms with Crippen LogP contribution in [0.15, 0.2) is 5.16 Å². The van der Waals surface area contributed by atoms with Crippen LogP contribution in [0.5, 0.6) is 0 Å². The van der Waals surface area contributed by atoms with E-state index in [1.165, 1.54) is 0 Å². The van der Waals surface area contributed by atoms with Crippen LogP contribution in [-0.2, 0) is 9.53 Å². The third-order valence-corrected chi connectivity index (χ3v) is 3.25. The summed E-state index contributed by atoms with van der Waals surface area (Å²) < 4.78 is 40.0. The molecule has 0 aromatic heterocycles. The number of hydrogen-bond donors (Lipinski definition) is 1. The van der Waals surface area contributed by atoms with E-state index >= 15 is 0 Å². The summed E-state index contributed by atoms with van der Waals surface area (Å²) in [5, 5.41) is 12.0. The largest absolute Gasteiger partial charge is 0.411 e. The number of ether oxygens (including phenoxy) is 1. The van der Waals surface area contributed by atoms with Crippen LogP contribution in [0.3, 0.4) is 0 Å². The molecule has 1 atom stereocenters. The number of carbonyl (C=O) groups excluding carboxylic acids is 1. The summed E-state index contributed by atoms with van der Waals surface area (Å²) in [6.45, 7) is 1.21. The van der Waals surface area contributed by atoms with E-state index in [9.17, 15) is 18.0 Å². The lowest BCUT2D eigenvalue weighted by Gasteiger charge is -2.32. The van der Waals surface area contributed by atoms with Gasteiger partial charge >= 0.3 is 6.18 Å². The van der Waals surface area contributed by atoms with Gasteiger partial charge in [-0.3, -0.25) is 4.79 Å². The molecule has 0 aromatic rings. The van der Waals surface area contributed by atoms with Gasteiger partial charge in [0, 0.05) is 25.4 Å². The van der Waals surface area contributed by atoms with Gasteiger partial charge in [0.25, 0.3) is 0 Å². The van der Waals surface area contributed by atoms with Crippen molar-refractivity contribution in [1.82, 2.24) is 4.90 Å². The highest BCUT2D eigenvalue weighted by Gasteiger charge is 2.29. The van der Waals surface area contributed by atoms with Crippen molar-refractivity contribution < 1.29 is 27.9 Å². The molecule has 0 spiro atoms. The van der Waals surface area contributed by atoms with Gasteiger partial charge in [-0.1, -0.05) is 12.1 Å². The minimum atomic E-state index is -4.37. The maximum atomic E-state index is 11.9. The first-order chi connectivity index (χ1) is 9.37. The van der Waals surface area contributed by atoms with Crippen LogP contribution >= 0.6 is 0 Å². The highest BCUT2D eigenvalue weighted by atomic mass is 19.4. The highest BCUT2D eigenvalue weighted by Crippen LogP contribution is 2.18. The van der Waals surface area contributed by atoms with Gasteiger partial charge in [-0.15, -0.1) is 0 Å². The van der Waals surface area contributed by atoms with Gasteiger partial charge in [0.05, 0.1) is 18.7 Å². The summed E-state index contributed by atoms with van der Waals surface area (Å²) in [7, 11) is 0. The fraction of sp³-hybridized carbons (Fsp3) is 0.833. The SMILES string of the molecule is CCC1CN(C(=O)CCOCC(F)(F)F)CCC1=NO. The molecule has 5 nitrogen and oxygen atoms in total. The average molecular weight is 296 g/mol. The zero-order valence-electron chi connectivity index (χ0n) is 11.3. The van der Waals surface area contributed by atoms with Gasteiger partial charge in [0.2, 0.25) is 5.91 Å². The van der Waals surface area contributed by atoms with E-state index in [1.807, 2.05) is 6.92 Å². The molecule has 0 saturated carbocycles. The van der Waals surface area contributed by atoms with Crippen LogP contribution in [0.2, 0.25) is 0 Å². The predicted molar refractivity (Wildman–Crippen MR) is 65.7 cm³/mol. The highest BCUT2D eigenvalue weighted by molar-refractivity contribution is 5.89. The van der Waals surface area contributed by atoms with E-state index in [4.69, 9.17) is 5.21 Å². The zero-order valence-corrected chi connectivity index (χ0v) is 11.3. The van der Waals surface area contributed by atoms with Crippen molar-refractivity contribution in [3.8, 4) is 0 Å². The van der Waals surface area contributed by atoms with Gasteiger partial charge < -0.3 is 14.8 Å². The van der Waals surface area contributed by atoms with Crippen molar-refractivity contribution in [2.24, 2.45) is 11.1 Å². The fourth-order valence-electron chi connectivity index (χ4n) is 2.14. The smallest absolute Gasteiger partial charge is 0.411 e. The molecule has 1 fully saturated rings. The molecule has 0 aromatic carbocycles. The van der Waals surface area contributed by atoms with Crippen molar-refractivity contribution in [3.63, 3.8) is 0 Å². The first-order valence-corrected chi connectivity index (χ1v) is 6.50. The van der Waals surface area contributed by atoms with E-state index in [-0.39, 0.29) is 24.9 Å². The third kappa shape index (κ3) is 5.36. The van der Waals surface area contributed by atoms with Crippen molar-refractivity contribution in [1.29, 1.82) is 0 Å². The monoisotopic (exact) mass is 296 g/mol. The number of piperidine rings is 1. The van der Waals surface area contributed by atoms with Crippen molar-refractivity contribution >= 4 is 11.6 Å². The summed E-state index contributed by atoms with van der Waals surface area (Å²) in [6.07, 6.45) is -3.20. The van der Waals surface area contributed by atoms with Crippen LogP contribution in [0, 0.1) is 5.92 Å². The van der Waals surface area contributed by atoms with Crippen LogP contribution in [-0.4, -0.2) is 54.2 Å². The Morgan fingerprint density at radius 3 is 2.80 bits per heavy atom. The molecule has 0 bridgehead atoms. The lowest BCUT2D eigenvalue weighted by atomic mass is 9.93. The maximum Gasteiger partial charge on any atom is 0.411 e. The van der Waals surface area contributed by atoms with Crippen molar-refractivity contribution in [3.05, 3.63) is 0 Å². The summed E-state index contributed by atoms with van der Waals surface area (Å²) in [5.41, 5.74) is 0.671. The molecule has 8 heteroatoms. The Bertz CT molecular complexity index is 358. The molecule has 1 N–H and O–H groups in total. The Morgan fingerprint density at radius 1 is 1.55 bits per heavy atom. The molecule has 1 rings (SSSR count). The lowest BCUT2D eigenvalue weighted by Crippen LogP contribution is -2.44. The number of hydrogen-bond acceptors (Lipinski definition) is 4. The molecular weight excluding hydrogens is 277 g/mol. The molecule has 1 heterocycles. The second-order valence-corrected chi connectivity index (χ2v) is 4.70. The third-order valence-electron chi connectivity index (χ3n) is 3.25. The topological polar surface area (TPSA) is 62.1 Å². The van der Waals surface area contributed by atoms with E-state index in [0.29, 0.717) is 25.2 Å². The molecular formula is C12H19F3N2O3. The van der Waals surface area contributed by atoms with Gasteiger partial charge in [0.1, 0.15) is 6.61 Å². The van der Waals surface area contributed by atoms with Crippen LogP contribution in [0.4, 0.5) is 13.2 Å². The number of amides is 1. The second-order valence-electron chi connectivity index (χ2n) is 4.70. The minimum absolute atomic E-state index is 0.00814. The Balaban J connectivity index is 2.34. The summed E-state index contributed by atoms with van der Waals surface area (Å²) in [4.78, 5) is 13.4. The molecule has 1 aliphatic heterocycles. The van der Waals surface area contributed by atoms with E-state index < -0.39 is 12.8 Å². The molecule has 1 amide bonds. The minimum Gasteiger partial charge on any atom is -0.411 e. The van der Waals surface area contributed by atoms with E-state index in [0.717, 1.165) is 6.42 Å². The molecule has 0 radical (unpaired) electrons. The second kappa shape index (κ2) is 7.47. The molecule has 20 heavy (non-hydrogen) atoms. The van der Waals surface area contributed by atoms with Crippen LogP contribution in [0.1, 0.15) is 26.2 Å².